The summed E-state index contributed by atoms with van der Waals surface area (Å²) in [4.78, 5) is 9.33. The van der Waals surface area contributed by atoms with Gasteiger partial charge in [0.05, 0.1) is 0 Å². The third kappa shape index (κ3) is 2.82. The second kappa shape index (κ2) is 6.35. The molecule has 0 aromatic carbocycles. The lowest BCUT2D eigenvalue weighted by molar-refractivity contribution is 0.575. The minimum absolute atomic E-state index is 0.611. The Balaban J connectivity index is 1.97. The number of imidazole rings is 1. The van der Waals surface area contributed by atoms with E-state index >= 15 is 0 Å². The number of pyridine rings is 1. The lowest BCUT2D eigenvalue weighted by Gasteiger charge is -2.22. The molecule has 3 heterocycles. The number of rotatable bonds is 4. The summed E-state index contributed by atoms with van der Waals surface area (Å²) in [5, 5.41) is 0.692. The highest BCUT2D eigenvalue weighted by Crippen LogP contribution is 2.28. The summed E-state index contributed by atoms with van der Waals surface area (Å²) in [7, 11) is 0. The molecule has 108 valence electrons. The van der Waals surface area contributed by atoms with E-state index in [1.54, 1.807) is 0 Å². The molecule has 0 N–H and O–H groups in total. The molecule has 2 aromatic rings. The molecule has 3 nitrogen and oxygen atoms in total. The number of aromatic nitrogens is 3. The maximum Gasteiger partial charge on any atom is 0.160 e. The van der Waals surface area contributed by atoms with Crippen molar-refractivity contribution in [2.75, 3.05) is 11.6 Å². The SMILES string of the molecule is Cc1ccnc2c1nc(CCCl)n2CC1CCCCS1. The van der Waals surface area contributed by atoms with Crippen molar-refractivity contribution in [3.8, 4) is 0 Å². The lowest BCUT2D eigenvalue weighted by atomic mass is 10.2. The Kier molecular flexibility index (Phi) is 4.51. The largest absolute Gasteiger partial charge is 0.312 e. The second-order valence-electron chi connectivity index (χ2n) is 5.37. The van der Waals surface area contributed by atoms with Gasteiger partial charge in [0.2, 0.25) is 0 Å². The second-order valence-corrected chi connectivity index (χ2v) is 7.15. The Morgan fingerprint density at radius 3 is 3.10 bits per heavy atom. The molecular formula is C15H20ClN3S. The van der Waals surface area contributed by atoms with Crippen molar-refractivity contribution in [1.29, 1.82) is 0 Å². The van der Waals surface area contributed by atoms with Crippen molar-refractivity contribution < 1.29 is 0 Å². The van der Waals surface area contributed by atoms with Gasteiger partial charge in [0.1, 0.15) is 11.3 Å². The molecule has 0 spiro atoms. The third-order valence-electron chi connectivity index (χ3n) is 3.89. The molecule has 3 rings (SSSR count). The molecule has 1 fully saturated rings. The normalized spacial score (nSPS) is 19.6. The Morgan fingerprint density at radius 2 is 2.35 bits per heavy atom. The molecule has 1 aliphatic rings. The Bertz CT molecular complexity index is 590. The number of alkyl halides is 1. The van der Waals surface area contributed by atoms with E-state index in [9.17, 15) is 0 Å². The van der Waals surface area contributed by atoms with Crippen LogP contribution in [0, 0.1) is 6.92 Å². The van der Waals surface area contributed by atoms with Crippen LogP contribution in [0.5, 0.6) is 0 Å². The van der Waals surface area contributed by atoms with E-state index in [4.69, 9.17) is 16.6 Å². The minimum atomic E-state index is 0.611. The fourth-order valence-electron chi connectivity index (χ4n) is 2.81. The summed E-state index contributed by atoms with van der Waals surface area (Å²) >= 11 is 8.03. The number of hydrogen-bond donors (Lipinski definition) is 0. The molecular weight excluding hydrogens is 290 g/mol. The summed E-state index contributed by atoms with van der Waals surface area (Å²) in [6, 6.07) is 2.03. The van der Waals surface area contributed by atoms with Crippen LogP contribution < -0.4 is 0 Å². The third-order valence-corrected chi connectivity index (χ3v) is 5.46. The molecule has 0 amide bonds. The summed E-state index contributed by atoms with van der Waals surface area (Å²) < 4.78 is 2.30. The van der Waals surface area contributed by atoms with Gasteiger partial charge < -0.3 is 4.57 Å². The van der Waals surface area contributed by atoms with Crippen molar-refractivity contribution in [1.82, 2.24) is 14.5 Å². The van der Waals surface area contributed by atoms with E-state index in [2.05, 4.69) is 28.2 Å². The fourth-order valence-corrected chi connectivity index (χ4v) is 4.27. The van der Waals surface area contributed by atoms with Gasteiger partial charge in [-0.05, 0) is 37.1 Å². The fraction of sp³-hybridized carbons (Fsp3) is 0.600. The molecule has 1 saturated heterocycles. The van der Waals surface area contributed by atoms with Crippen LogP contribution in [-0.4, -0.2) is 31.4 Å². The zero-order valence-electron chi connectivity index (χ0n) is 11.8. The first kappa shape index (κ1) is 14.2. The van der Waals surface area contributed by atoms with Crippen LogP contribution in [0.3, 0.4) is 0 Å². The van der Waals surface area contributed by atoms with Gasteiger partial charge >= 0.3 is 0 Å². The zero-order chi connectivity index (χ0) is 13.9. The van der Waals surface area contributed by atoms with Crippen LogP contribution in [0.25, 0.3) is 11.2 Å². The van der Waals surface area contributed by atoms with Gasteiger partial charge in [-0.25, -0.2) is 9.97 Å². The summed E-state index contributed by atoms with van der Waals surface area (Å²) in [6.45, 7) is 3.12. The number of fused-ring (bicyclic) bond motifs is 1. The van der Waals surface area contributed by atoms with Crippen molar-refractivity contribution in [2.45, 2.75) is 44.4 Å². The molecule has 0 saturated carbocycles. The number of nitrogens with zero attached hydrogens (tertiary/aromatic N) is 3. The molecule has 1 atom stereocenters. The highest BCUT2D eigenvalue weighted by molar-refractivity contribution is 7.99. The van der Waals surface area contributed by atoms with Gasteiger partial charge in [-0.15, -0.1) is 11.6 Å². The predicted octanol–water partition coefficient (Wildman–Crippen LogP) is 3.81. The summed E-state index contributed by atoms with van der Waals surface area (Å²) in [5.41, 5.74) is 3.26. The number of thioether (sulfide) groups is 1. The molecule has 5 heteroatoms. The van der Waals surface area contributed by atoms with E-state index < -0.39 is 0 Å². The highest BCUT2D eigenvalue weighted by Gasteiger charge is 2.19. The van der Waals surface area contributed by atoms with E-state index in [0.717, 1.165) is 30.0 Å². The standard InChI is InChI=1S/C15H20ClN3S/c1-11-6-8-17-15-14(11)18-13(5-7-16)19(15)10-12-4-2-3-9-20-12/h6,8,12H,2-5,7,9-10H2,1H3. The van der Waals surface area contributed by atoms with Crippen molar-refractivity contribution in [3.05, 3.63) is 23.7 Å². The average Bonchev–Trinajstić information content (AvgIpc) is 2.81. The van der Waals surface area contributed by atoms with E-state index in [-0.39, 0.29) is 0 Å². The molecule has 0 aliphatic carbocycles. The Labute approximate surface area is 129 Å². The number of aryl methyl sites for hydroxylation is 2. The maximum atomic E-state index is 5.94. The number of halogens is 1. The molecule has 2 aromatic heterocycles. The highest BCUT2D eigenvalue weighted by atomic mass is 35.5. The minimum Gasteiger partial charge on any atom is -0.312 e. The molecule has 0 bridgehead atoms. The first-order chi connectivity index (χ1) is 9.79. The van der Waals surface area contributed by atoms with Gasteiger partial charge in [0.25, 0.3) is 0 Å². The van der Waals surface area contributed by atoms with Crippen molar-refractivity contribution in [3.63, 3.8) is 0 Å². The summed E-state index contributed by atoms with van der Waals surface area (Å²) in [5.74, 6) is 2.98. The molecule has 20 heavy (non-hydrogen) atoms. The summed E-state index contributed by atoms with van der Waals surface area (Å²) in [6.07, 6.45) is 6.71. The first-order valence-electron chi connectivity index (χ1n) is 7.28. The lowest BCUT2D eigenvalue weighted by Crippen LogP contribution is -2.19. The van der Waals surface area contributed by atoms with Crippen molar-refractivity contribution in [2.24, 2.45) is 0 Å². The van der Waals surface area contributed by atoms with Gasteiger partial charge in [-0.2, -0.15) is 11.8 Å². The van der Waals surface area contributed by atoms with Gasteiger partial charge in [0, 0.05) is 30.3 Å². The quantitative estimate of drug-likeness (QED) is 0.805. The van der Waals surface area contributed by atoms with Crippen LogP contribution in [0.15, 0.2) is 12.3 Å². The molecule has 1 unspecified atom stereocenters. The topological polar surface area (TPSA) is 30.7 Å². The molecule has 1 aliphatic heterocycles. The van der Waals surface area contributed by atoms with Crippen LogP contribution in [0.1, 0.15) is 30.7 Å². The first-order valence-corrected chi connectivity index (χ1v) is 8.86. The average molecular weight is 310 g/mol. The Hall–Kier alpha value is -0.740. The van der Waals surface area contributed by atoms with Gasteiger partial charge in [0.15, 0.2) is 5.65 Å². The van der Waals surface area contributed by atoms with E-state index in [1.807, 2.05) is 12.3 Å². The zero-order valence-corrected chi connectivity index (χ0v) is 13.4. The number of hydrogen-bond acceptors (Lipinski definition) is 3. The van der Waals surface area contributed by atoms with Crippen LogP contribution >= 0.6 is 23.4 Å². The predicted molar refractivity (Wildman–Crippen MR) is 86.8 cm³/mol. The van der Waals surface area contributed by atoms with Gasteiger partial charge in [-0.1, -0.05) is 6.42 Å². The van der Waals surface area contributed by atoms with Crippen LogP contribution in [-0.2, 0) is 13.0 Å². The monoisotopic (exact) mass is 309 g/mol. The smallest absolute Gasteiger partial charge is 0.160 e. The van der Waals surface area contributed by atoms with E-state index in [1.165, 1.54) is 30.6 Å². The molecule has 0 radical (unpaired) electrons. The maximum absolute atomic E-state index is 5.94. The van der Waals surface area contributed by atoms with Gasteiger partial charge in [-0.3, -0.25) is 0 Å². The Morgan fingerprint density at radius 1 is 1.45 bits per heavy atom. The van der Waals surface area contributed by atoms with Crippen molar-refractivity contribution >= 4 is 34.5 Å². The van der Waals surface area contributed by atoms with Crippen LogP contribution in [0.2, 0.25) is 0 Å². The van der Waals surface area contributed by atoms with E-state index in [0.29, 0.717) is 11.1 Å². The van der Waals surface area contributed by atoms with Crippen LogP contribution in [0.4, 0.5) is 0 Å².